The summed E-state index contributed by atoms with van der Waals surface area (Å²) in [6.45, 7) is 1.59. The molecule has 3 rings (SSSR count). The molecule has 1 saturated carbocycles. The summed E-state index contributed by atoms with van der Waals surface area (Å²) >= 11 is 0. The molecule has 2 N–H and O–H groups in total. The predicted octanol–water partition coefficient (Wildman–Crippen LogP) is 0.921. The van der Waals surface area contributed by atoms with Crippen LogP contribution in [0.1, 0.15) is 31.2 Å². The van der Waals surface area contributed by atoms with Crippen LogP contribution in [0.15, 0.2) is 29.2 Å². The highest BCUT2D eigenvalue weighted by Crippen LogP contribution is 2.49. The maximum Gasteiger partial charge on any atom is 0.316 e. The molecular weight excluding hydrogens is 316 g/mol. The Morgan fingerprint density at radius 3 is 2.52 bits per heavy atom. The summed E-state index contributed by atoms with van der Waals surface area (Å²) in [6.07, 6.45) is 3.30. The highest BCUT2D eigenvalue weighted by molar-refractivity contribution is 7.89. The number of sulfonamides is 1. The molecule has 1 heterocycles. The zero-order valence-corrected chi connectivity index (χ0v) is 14.0. The highest BCUT2D eigenvalue weighted by Gasteiger charge is 2.52. The van der Waals surface area contributed by atoms with E-state index in [2.05, 4.69) is 10.0 Å². The van der Waals surface area contributed by atoms with Gasteiger partial charge >= 0.3 is 5.97 Å². The Morgan fingerprint density at radius 2 is 2.00 bits per heavy atom. The van der Waals surface area contributed by atoms with Crippen molar-refractivity contribution in [3.8, 4) is 0 Å². The Morgan fingerprint density at radius 1 is 1.30 bits per heavy atom. The van der Waals surface area contributed by atoms with Crippen molar-refractivity contribution < 1.29 is 17.9 Å². The molecule has 1 saturated heterocycles. The first-order valence-electron chi connectivity index (χ1n) is 7.90. The molecule has 1 atom stereocenters. The first-order valence-corrected chi connectivity index (χ1v) is 9.38. The number of hydrogen-bond acceptors (Lipinski definition) is 5. The van der Waals surface area contributed by atoms with E-state index in [1.54, 1.807) is 24.3 Å². The van der Waals surface area contributed by atoms with Crippen LogP contribution in [0, 0.1) is 0 Å². The lowest BCUT2D eigenvalue weighted by molar-refractivity contribution is -0.143. The van der Waals surface area contributed by atoms with Crippen molar-refractivity contribution in [3.05, 3.63) is 29.8 Å². The van der Waals surface area contributed by atoms with Gasteiger partial charge in [-0.05, 0) is 49.9 Å². The molecular formula is C16H22N2O4S. The fourth-order valence-electron chi connectivity index (χ4n) is 3.12. The van der Waals surface area contributed by atoms with Gasteiger partial charge in [0.2, 0.25) is 10.0 Å². The van der Waals surface area contributed by atoms with E-state index < -0.39 is 15.4 Å². The van der Waals surface area contributed by atoms with Crippen molar-refractivity contribution in [2.75, 3.05) is 20.2 Å². The van der Waals surface area contributed by atoms with Crippen molar-refractivity contribution in [2.45, 2.75) is 42.0 Å². The van der Waals surface area contributed by atoms with Crippen LogP contribution in [0.5, 0.6) is 0 Å². The van der Waals surface area contributed by atoms with Gasteiger partial charge in [-0.15, -0.1) is 0 Å². The molecule has 1 aromatic rings. The zero-order chi connectivity index (χ0) is 16.5. The van der Waals surface area contributed by atoms with Gasteiger partial charge < -0.3 is 10.1 Å². The second kappa shape index (κ2) is 6.22. The largest absolute Gasteiger partial charge is 0.468 e. The topological polar surface area (TPSA) is 84.5 Å². The number of benzene rings is 1. The average molecular weight is 338 g/mol. The fraction of sp³-hybridized carbons (Fsp3) is 0.562. The molecule has 7 heteroatoms. The third-order valence-electron chi connectivity index (χ3n) is 4.66. The number of carbonyl (C=O) groups is 1. The molecule has 126 valence electrons. The van der Waals surface area contributed by atoms with E-state index in [1.165, 1.54) is 7.11 Å². The Bertz CT molecular complexity index is 675. The normalized spacial score (nSPS) is 23.3. The number of ether oxygens (including phenoxy) is 1. The molecule has 2 aliphatic rings. The maximum absolute atomic E-state index is 12.4. The van der Waals surface area contributed by atoms with Gasteiger partial charge in [0, 0.05) is 12.6 Å². The number of nitrogens with one attached hydrogen (secondary N) is 2. The van der Waals surface area contributed by atoms with Crippen LogP contribution >= 0.6 is 0 Å². The molecule has 0 amide bonds. The van der Waals surface area contributed by atoms with E-state index in [0.717, 1.165) is 37.8 Å². The maximum atomic E-state index is 12.4. The first-order chi connectivity index (χ1) is 11.0. The lowest BCUT2D eigenvalue weighted by atomic mass is 9.96. The van der Waals surface area contributed by atoms with Crippen LogP contribution in [-0.4, -0.2) is 40.6 Å². The van der Waals surface area contributed by atoms with Crippen LogP contribution in [-0.2, 0) is 25.0 Å². The molecule has 1 aliphatic heterocycles. The Hall–Kier alpha value is -1.44. The molecule has 0 radical (unpaired) electrons. The second-order valence-corrected chi connectivity index (χ2v) is 7.98. The number of hydrogen-bond donors (Lipinski definition) is 2. The van der Waals surface area contributed by atoms with Gasteiger partial charge in [-0.3, -0.25) is 4.79 Å². The van der Waals surface area contributed by atoms with E-state index in [4.69, 9.17) is 4.74 Å². The number of esters is 1. The summed E-state index contributed by atoms with van der Waals surface area (Å²) in [5.41, 5.74) is 0.250. The molecule has 1 aromatic carbocycles. The number of piperidine rings is 1. The number of methoxy groups -OCH3 is 1. The van der Waals surface area contributed by atoms with E-state index >= 15 is 0 Å². The molecule has 1 aliphatic carbocycles. The average Bonchev–Trinajstić information content (AvgIpc) is 3.37. The zero-order valence-electron chi connectivity index (χ0n) is 13.2. The number of rotatable bonds is 5. The van der Waals surface area contributed by atoms with E-state index in [9.17, 15) is 13.2 Å². The molecule has 23 heavy (non-hydrogen) atoms. The summed E-state index contributed by atoms with van der Waals surface area (Å²) in [4.78, 5) is 12.1. The summed E-state index contributed by atoms with van der Waals surface area (Å²) in [6, 6.07) is 6.50. The van der Waals surface area contributed by atoms with Crippen molar-refractivity contribution >= 4 is 16.0 Å². The van der Waals surface area contributed by atoms with Crippen molar-refractivity contribution in [2.24, 2.45) is 0 Å². The van der Waals surface area contributed by atoms with Gasteiger partial charge in [0.25, 0.3) is 0 Å². The third-order valence-corrected chi connectivity index (χ3v) is 6.20. The Balaban J connectivity index is 1.75. The molecule has 0 aromatic heterocycles. The second-order valence-electron chi connectivity index (χ2n) is 6.26. The van der Waals surface area contributed by atoms with Gasteiger partial charge in [-0.2, -0.15) is 0 Å². The summed E-state index contributed by atoms with van der Waals surface area (Å²) in [5.74, 6) is -0.250. The summed E-state index contributed by atoms with van der Waals surface area (Å²) < 4.78 is 32.5. The summed E-state index contributed by atoms with van der Waals surface area (Å²) in [7, 11) is -2.16. The molecule has 0 spiro atoms. The monoisotopic (exact) mass is 338 g/mol. The fourth-order valence-corrected chi connectivity index (χ4v) is 4.39. The van der Waals surface area contributed by atoms with Gasteiger partial charge in [0.05, 0.1) is 17.4 Å². The summed E-state index contributed by atoms with van der Waals surface area (Å²) in [5, 5.41) is 3.19. The minimum atomic E-state index is -3.53. The Kier molecular flexibility index (Phi) is 4.44. The van der Waals surface area contributed by atoms with Crippen LogP contribution < -0.4 is 10.0 Å². The molecule has 1 unspecified atom stereocenters. The third kappa shape index (κ3) is 3.27. The van der Waals surface area contributed by atoms with Crippen molar-refractivity contribution in [1.82, 2.24) is 10.0 Å². The molecule has 0 bridgehead atoms. The van der Waals surface area contributed by atoms with Crippen LogP contribution in [0.4, 0.5) is 0 Å². The lowest BCUT2D eigenvalue weighted by Gasteiger charge is -2.23. The van der Waals surface area contributed by atoms with Crippen LogP contribution in [0.2, 0.25) is 0 Å². The minimum Gasteiger partial charge on any atom is -0.468 e. The standard InChI is InChI=1S/C16H22N2O4S/c1-22-15(19)16(8-9-16)12-4-6-14(7-5-12)23(20,21)18-13-3-2-10-17-11-13/h4-7,13,17-18H,2-3,8-11H2,1H3. The Labute approximate surface area is 136 Å². The number of carbonyl (C=O) groups excluding carboxylic acids is 1. The molecule has 2 fully saturated rings. The SMILES string of the molecule is COC(=O)C1(c2ccc(S(=O)(=O)NC3CCCNC3)cc2)CC1. The van der Waals surface area contributed by atoms with E-state index in [0.29, 0.717) is 6.54 Å². The predicted molar refractivity (Wildman–Crippen MR) is 85.6 cm³/mol. The molecule has 6 nitrogen and oxygen atoms in total. The van der Waals surface area contributed by atoms with Gasteiger partial charge in [0.1, 0.15) is 0 Å². The van der Waals surface area contributed by atoms with E-state index in [-0.39, 0.29) is 16.9 Å². The highest BCUT2D eigenvalue weighted by atomic mass is 32.2. The van der Waals surface area contributed by atoms with Gasteiger partial charge in [-0.1, -0.05) is 12.1 Å². The van der Waals surface area contributed by atoms with Crippen LogP contribution in [0.25, 0.3) is 0 Å². The van der Waals surface area contributed by atoms with Crippen molar-refractivity contribution in [3.63, 3.8) is 0 Å². The quantitative estimate of drug-likeness (QED) is 0.780. The van der Waals surface area contributed by atoms with Crippen LogP contribution in [0.3, 0.4) is 0 Å². The smallest absolute Gasteiger partial charge is 0.316 e. The van der Waals surface area contributed by atoms with Gasteiger partial charge in [-0.25, -0.2) is 13.1 Å². The lowest BCUT2D eigenvalue weighted by Crippen LogP contribution is -2.45. The minimum absolute atomic E-state index is 0.0710. The van der Waals surface area contributed by atoms with Gasteiger partial charge in [0.15, 0.2) is 0 Å². The van der Waals surface area contributed by atoms with E-state index in [1.807, 2.05) is 0 Å². The first kappa shape index (κ1) is 16.4. The van der Waals surface area contributed by atoms with Crippen molar-refractivity contribution in [1.29, 1.82) is 0 Å².